The van der Waals surface area contributed by atoms with Crippen molar-refractivity contribution in [1.29, 1.82) is 0 Å². The summed E-state index contributed by atoms with van der Waals surface area (Å²) >= 11 is 0. The number of aryl methyl sites for hydroxylation is 1. The number of aliphatic imine (C=N–C) groups is 1. The van der Waals surface area contributed by atoms with Crippen molar-refractivity contribution in [2.45, 2.75) is 20.3 Å². The standard InChI is InChI=1S/C16H22N6/c1-4-7-19-15-11(2)9-20-16(22-15)21-13-6-5-12(10-18-3)14(17)8-13/h5-6,8-10H,4,7,17H2,1-3H3,(H2,19,20,21,22). The summed E-state index contributed by atoms with van der Waals surface area (Å²) in [6.45, 7) is 4.99. The van der Waals surface area contributed by atoms with Crippen LogP contribution in [0.15, 0.2) is 29.4 Å². The van der Waals surface area contributed by atoms with Crippen LogP contribution in [-0.2, 0) is 0 Å². The predicted molar refractivity (Wildman–Crippen MR) is 93.2 cm³/mol. The van der Waals surface area contributed by atoms with Gasteiger partial charge >= 0.3 is 0 Å². The molecule has 2 aromatic rings. The second-order valence-electron chi connectivity index (χ2n) is 5.01. The van der Waals surface area contributed by atoms with Crippen LogP contribution in [0.2, 0.25) is 0 Å². The number of nitrogens with zero attached hydrogens (tertiary/aromatic N) is 3. The molecular formula is C16H22N6. The van der Waals surface area contributed by atoms with Crippen LogP contribution >= 0.6 is 0 Å². The predicted octanol–water partition coefficient (Wildman–Crippen LogP) is 2.98. The second kappa shape index (κ2) is 7.40. The summed E-state index contributed by atoms with van der Waals surface area (Å²) in [5.41, 5.74) is 9.41. The first kappa shape index (κ1) is 15.8. The van der Waals surface area contributed by atoms with Gasteiger partial charge in [0.25, 0.3) is 0 Å². The molecule has 0 bridgehead atoms. The number of aromatic nitrogens is 2. The Morgan fingerprint density at radius 3 is 2.86 bits per heavy atom. The van der Waals surface area contributed by atoms with Crippen molar-refractivity contribution >= 4 is 29.4 Å². The first-order valence-corrected chi connectivity index (χ1v) is 7.30. The van der Waals surface area contributed by atoms with Gasteiger partial charge in [-0.3, -0.25) is 4.99 Å². The van der Waals surface area contributed by atoms with Crippen LogP contribution in [0.1, 0.15) is 24.5 Å². The zero-order chi connectivity index (χ0) is 15.9. The molecule has 0 saturated carbocycles. The summed E-state index contributed by atoms with van der Waals surface area (Å²) in [5, 5.41) is 6.46. The SMILES string of the molecule is CCCNc1nc(Nc2ccc(C=NC)c(N)c2)ncc1C. The third kappa shape index (κ3) is 3.94. The largest absolute Gasteiger partial charge is 0.398 e. The van der Waals surface area contributed by atoms with E-state index in [0.29, 0.717) is 11.6 Å². The van der Waals surface area contributed by atoms with Crippen molar-refractivity contribution in [3.05, 3.63) is 35.5 Å². The van der Waals surface area contributed by atoms with Gasteiger partial charge < -0.3 is 16.4 Å². The molecule has 0 saturated heterocycles. The lowest BCUT2D eigenvalue weighted by Gasteiger charge is -2.11. The van der Waals surface area contributed by atoms with Crippen LogP contribution in [0, 0.1) is 6.92 Å². The Morgan fingerprint density at radius 1 is 1.36 bits per heavy atom. The monoisotopic (exact) mass is 298 g/mol. The lowest BCUT2D eigenvalue weighted by molar-refractivity contribution is 0.960. The van der Waals surface area contributed by atoms with Crippen molar-refractivity contribution in [2.24, 2.45) is 4.99 Å². The first-order valence-electron chi connectivity index (χ1n) is 7.30. The van der Waals surface area contributed by atoms with Gasteiger partial charge in [-0.15, -0.1) is 0 Å². The summed E-state index contributed by atoms with van der Waals surface area (Å²) in [5.74, 6) is 1.39. The van der Waals surface area contributed by atoms with Crippen LogP contribution in [0.3, 0.4) is 0 Å². The molecule has 0 radical (unpaired) electrons. The Balaban J connectivity index is 2.18. The second-order valence-corrected chi connectivity index (χ2v) is 5.01. The van der Waals surface area contributed by atoms with Gasteiger partial charge in [-0.2, -0.15) is 4.98 Å². The molecule has 2 rings (SSSR count). The number of nitrogen functional groups attached to an aromatic ring is 1. The molecule has 6 nitrogen and oxygen atoms in total. The van der Waals surface area contributed by atoms with Crippen molar-refractivity contribution < 1.29 is 0 Å². The maximum atomic E-state index is 6.00. The lowest BCUT2D eigenvalue weighted by atomic mass is 10.2. The van der Waals surface area contributed by atoms with Crippen molar-refractivity contribution in [2.75, 3.05) is 30.0 Å². The van der Waals surface area contributed by atoms with Gasteiger partial charge in [0.05, 0.1) is 0 Å². The average molecular weight is 298 g/mol. The molecule has 0 aliphatic rings. The van der Waals surface area contributed by atoms with E-state index in [1.54, 1.807) is 19.5 Å². The van der Waals surface area contributed by atoms with E-state index in [0.717, 1.165) is 35.6 Å². The number of nitrogens with two attached hydrogens (primary N) is 1. The Morgan fingerprint density at radius 2 is 2.18 bits per heavy atom. The number of anilines is 4. The maximum absolute atomic E-state index is 6.00. The first-order chi connectivity index (χ1) is 10.6. The molecule has 0 atom stereocenters. The topological polar surface area (TPSA) is 88.2 Å². The summed E-state index contributed by atoms with van der Waals surface area (Å²) < 4.78 is 0. The van der Waals surface area contributed by atoms with Gasteiger partial charge in [0.15, 0.2) is 0 Å². The highest BCUT2D eigenvalue weighted by Crippen LogP contribution is 2.20. The summed E-state index contributed by atoms with van der Waals surface area (Å²) in [4.78, 5) is 12.8. The fraction of sp³-hybridized carbons (Fsp3) is 0.312. The fourth-order valence-electron chi connectivity index (χ4n) is 1.96. The number of nitrogens with one attached hydrogen (secondary N) is 2. The number of hydrogen-bond donors (Lipinski definition) is 3. The lowest BCUT2D eigenvalue weighted by Crippen LogP contribution is -2.07. The molecular weight excluding hydrogens is 276 g/mol. The van der Waals surface area contributed by atoms with E-state index in [4.69, 9.17) is 5.73 Å². The minimum atomic E-state index is 0.542. The molecule has 22 heavy (non-hydrogen) atoms. The number of rotatable bonds is 6. The van der Waals surface area contributed by atoms with Crippen molar-refractivity contribution in [3.63, 3.8) is 0 Å². The molecule has 6 heteroatoms. The minimum Gasteiger partial charge on any atom is -0.398 e. The molecule has 0 aliphatic heterocycles. The van der Waals surface area contributed by atoms with E-state index in [9.17, 15) is 0 Å². The molecule has 1 heterocycles. The van der Waals surface area contributed by atoms with Gasteiger partial charge in [-0.05, 0) is 31.5 Å². The van der Waals surface area contributed by atoms with Gasteiger partial charge in [0, 0.05) is 48.5 Å². The van der Waals surface area contributed by atoms with Crippen molar-refractivity contribution in [3.8, 4) is 0 Å². The molecule has 0 aliphatic carbocycles. The summed E-state index contributed by atoms with van der Waals surface area (Å²) in [6.07, 6.45) is 4.58. The van der Waals surface area contributed by atoms with E-state index < -0.39 is 0 Å². The zero-order valence-corrected chi connectivity index (χ0v) is 13.2. The van der Waals surface area contributed by atoms with E-state index in [1.165, 1.54) is 0 Å². The summed E-state index contributed by atoms with van der Waals surface area (Å²) in [7, 11) is 1.72. The highest BCUT2D eigenvalue weighted by Gasteiger charge is 2.05. The van der Waals surface area contributed by atoms with E-state index >= 15 is 0 Å². The Labute approximate surface area is 130 Å². The average Bonchev–Trinajstić information content (AvgIpc) is 2.50. The molecule has 116 valence electrons. The Kier molecular flexibility index (Phi) is 5.30. The van der Waals surface area contributed by atoms with E-state index in [-0.39, 0.29) is 0 Å². The molecule has 1 aromatic carbocycles. The highest BCUT2D eigenvalue weighted by molar-refractivity contribution is 5.88. The van der Waals surface area contributed by atoms with Gasteiger partial charge in [-0.25, -0.2) is 4.98 Å². The van der Waals surface area contributed by atoms with Crippen molar-refractivity contribution in [1.82, 2.24) is 9.97 Å². The van der Waals surface area contributed by atoms with Crippen LogP contribution in [0.5, 0.6) is 0 Å². The van der Waals surface area contributed by atoms with Crippen LogP contribution in [-0.4, -0.2) is 29.8 Å². The highest BCUT2D eigenvalue weighted by atomic mass is 15.1. The van der Waals surface area contributed by atoms with Gasteiger partial charge in [0.1, 0.15) is 5.82 Å². The number of hydrogen-bond acceptors (Lipinski definition) is 6. The normalized spacial score (nSPS) is 10.9. The van der Waals surface area contributed by atoms with Gasteiger partial charge in [0.2, 0.25) is 5.95 Å². The van der Waals surface area contributed by atoms with Crippen LogP contribution < -0.4 is 16.4 Å². The molecule has 0 unspecified atom stereocenters. The molecule has 4 N–H and O–H groups in total. The Bertz CT molecular complexity index is 666. The Hall–Kier alpha value is -2.63. The smallest absolute Gasteiger partial charge is 0.229 e. The van der Waals surface area contributed by atoms with Crippen LogP contribution in [0.4, 0.5) is 23.1 Å². The third-order valence-corrected chi connectivity index (χ3v) is 3.13. The van der Waals surface area contributed by atoms with E-state index in [2.05, 4.69) is 32.5 Å². The quantitative estimate of drug-likeness (QED) is 0.563. The maximum Gasteiger partial charge on any atom is 0.229 e. The zero-order valence-electron chi connectivity index (χ0n) is 13.2. The number of benzene rings is 1. The van der Waals surface area contributed by atoms with Gasteiger partial charge in [-0.1, -0.05) is 6.92 Å². The molecule has 0 fully saturated rings. The minimum absolute atomic E-state index is 0.542. The molecule has 0 amide bonds. The third-order valence-electron chi connectivity index (χ3n) is 3.13. The molecule has 0 spiro atoms. The van der Waals surface area contributed by atoms with E-state index in [1.807, 2.05) is 25.1 Å². The molecule has 1 aromatic heterocycles. The summed E-state index contributed by atoms with van der Waals surface area (Å²) in [6, 6.07) is 5.68. The van der Waals surface area contributed by atoms with Crippen LogP contribution in [0.25, 0.3) is 0 Å². The fourth-order valence-corrected chi connectivity index (χ4v) is 1.96.